The number of piperazine rings is 1. The van der Waals surface area contributed by atoms with Crippen LogP contribution in [-0.4, -0.2) is 68.5 Å². The molecule has 7 unspecified atom stereocenters. The maximum atomic E-state index is 15.2. The molecule has 0 bridgehead atoms. The van der Waals surface area contributed by atoms with E-state index in [9.17, 15) is 13.2 Å². The van der Waals surface area contributed by atoms with Crippen molar-refractivity contribution in [2.45, 2.75) is 88.9 Å². The molecule has 2 N–H and O–H groups in total. The monoisotopic (exact) mass is 631 g/mol. The molecule has 4 rings (SSSR count). The number of halogens is 2. The fourth-order valence-electron chi connectivity index (χ4n) is 6.80. The van der Waals surface area contributed by atoms with Crippen molar-refractivity contribution in [2.24, 2.45) is 5.92 Å². The van der Waals surface area contributed by atoms with Gasteiger partial charge in [0.05, 0.1) is 5.92 Å². The standard InChI is InChI=1S/C33H44ClFN4O3S/c1-5-9-22(6-2)31(23-13-15-24(34)16-14-23)32(36-3)33(40)38-28-12-7-11-27(35)26(28)17-18-29-30-21-39(30)25(20-37-29)10-8-19-43(4,41)42/h3,7,11-16,22,25,29-32,37H,5-6,8-10,17-21H2,1-2,4H3/p+1. The van der Waals surface area contributed by atoms with Crippen LogP contribution in [0.25, 0.3) is 4.85 Å². The largest absolute Gasteiger partial charge is 0.355 e. The highest BCUT2D eigenvalue weighted by Crippen LogP contribution is 2.37. The van der Waals surface area contributed by atoms with Crippen molar-refractivity contribution >= 4 is 33.0 Å². The molecule has 0 aromatic heterocycles. The summed E-state index contributed by atoms with van der Waals surface area (Å²) in [4.78, 5) is 20.3. The Morgan fingerprint density at radius 3 is 2.60 bits per heavy atom. The van der Waals surface area contributed by atoms with E-state index in [2.05, 4.69) is 34.2 Å². The van der Waals surface area contributed by atoms with Gasteiger partial charge in [-0.25, -0.2) is 12.8 Å². The lowest BCUT2D eigenvalue weighted by Gasteiger charge is -2.31. The van der Waals surface area contributed by atoms with Gasteiger partial charge in [-0.15, -0.1) is 0 Å². The zero-order chi connectivity index (χ0) is 31.1. The SMILES string of the molecule is C#[N+]C(C(=O)Nc1cccc(F)c1CCC1NCC(CCCS(C)(=O)=O)N2CC12)C(c1ccc(Cl)cc1)C(CC)CCC. The van der Waals surface area contributed by atoms with Gasteiger partial charge in [0.25, 0.3) is 6.57 Å². The van der Waals surface area contributed by atoms with E-state index in [-0.39, 0.29) is 35.4 Å². The molecule has 2 aromatic rings. The van der Waals surface area contributed by atoms with Crippen molar-refractivity contribution in [3.8, 4) is 6.57 Å². The van der Waals surface area contributed by atoms with E-state index < -0.39 is 15.9 Å². The molecule has 10 heteroatoms. The maximum absolute atomic E-state index is 15.2. The van der Waals surface area contributed by atoms with Gasteiger partial charge in [-0.2, -0.15) is 0 Å². The summed E-state index contributed by atoms with van der Waals surface area (Å²) >= 11 is 6.16. The lowest BCUT2D eigenvalue weighted by Crippen LogP contribution is -2.49. The summed E-state index contributed by atoms with van der Waals surface area (Å²) in [5, 5.41) is 7.21. The van der Waals surface area contributed by atoms with E-state index >= 15 is 4.39 Å². The number of anilines is 1. The number of hydrogen-bond donors (Lipinski definition) is 2. The molecule has 2 fully saturated rings. The van der Waals surface area contributed by atoms with Gasteiger partial charge in [0.2, 0.25) is 0 Å². The fourth-order valence-corrected chi connectivity index (χ4v) is 7.61. The van der Waals surface area contributed by atoms with Crippen molar-refractivity contribution in [2.75, 3.05) is 30.4 Å². The van der Waals surface area contributed by atoms with E-state index in [0.717, 1.165) is 44.3 Å². The Morgan fingerprint density at radius 1 is 1.21 bits per heavy atom. The van der Waals surface area contributed by atoms with Crippen LogP contribution in [0.15, 0.2) is 42.5 Å². The molecule has 0 radical (unpaired) electrons. The van der Waals surface area contributed by atoms with Gasteiger partial charge in [0.15, 0.2) is 0 Å². The van der Waals surface area contributed by atoms with Gasteiger partial charge in [0, 0.05) is 59.5 Å². The van der Waals surface area contributed by atoms with Crippen LogP contribution in [0.5, 0.6) is 0 Å². The number of amides is 1. The predicted molar refractivity (Wildman–Crippen MR) is 173 cm³/mol. The van der Waals surface area contributed by atoms with Gasteiger partial charge < -0.3 is 10.6 Å². The summed E-state index contributed by atoms with van der Waals surface area (Å²) in [5.41, 5.74) is 1.86. The van der Waals surface area contributed by atoms with Crippen molar-refractivity contribution in [1.82, 2.24) is 10.2 Å². The van der Waals surface area contributed by atoms with Crippen LogP contribution < -0.4 is 10.6 Å². The molecule has 1 amide bonds. The summed E-state index contributed by atoms with van der Waals surface area (Å²) in [5.74, 6) is -0.571. The fraction of sp³-hybridized carbons (Fsp3) is 0.576. The number of nitrogens with one attached hydrogen (secondary N) is 2. The van der Waals surface area contributed by atoms with Crippen molar-refractivity contribution < 1.29 is 17.6 Å². The third kappa shape index (κ3) is 8.78. The highest BCUT2D eigenvalue weighted by atomic mass is 35.5. The molecule has 2 aliphatic heterocycles. The number of sulfone groups is 1. The normalized spacial score (nSPS) is 23.4. The highest BCUT2D eigenvalue weighted by Gasteiger charge is 2.47. The van der Waals surface area contributed by atoms with Gasteiger partial charge in [-0.3, -0.25) is 9.69 Å². The van der Waals surface area contributed by atoms with Crippen molar-refractivity contribution in [1.29, 1.82) is 0 Å². The van der Waals surface area contributed by atoms with E-state index in [1.165, 1.54) is 12.3 Å². The minimum absolute atomic E-state index is 0.176. The Kier molecular flexibility index (Phi) is 11.6. The maximum Gasteiger partial charge on any atom is 0.355 e. The topological polar surface area (TPSA) is 82.6 Å². The number of carbonyl (C=O) groups is 1. The summed E-state index contributed by atoms with van der Waals surface area (Å²) in [6, 6.07) is 12.3. The third-order valence-electron chi connectivity index (χ3n) is 9.09. The van der Waals surface area contributed by atoms with Crippen molar-refractivity contribution in [3.05, 3.63) is 69.3 Å². The third-order valence-corrected chi connectivity index (χ3v) is 10.4. The average molecular weight is 632 g/mol. The Balaban J connectivity index is 1.44. The molecule has 0 spiro atoms. The van der Waals surface area contributed by atoms with Crippen LogP contribution >= 0.6 is 11.6 Å². The Morgan fingerprint density at radius 2 is 1.95 bits per heavy atom. The first-order chi connectivity index (χ1) is 20.6. The summed E-state index contributed by atoms with van der Waals surface area (Å²) < 4.78 is 38.2. The lowest BCUT2D eigenvalue weighted by atomic mass is 9.77. The molecule has 0 saturated carbocycles. The minimum atomic E-state index is -2.95. The van der Waals surface area contributed by atoms with Gasteiger partial charge in [0.1, 0.15) is 15.7 Å². The molecule has 7 atom stereocenters. The molecule has 2 saturated heterocycles. The number of carbonyl (C=O) groups excluding carboxylic acids is 1. The zero-order valence-electron chi connectivity index (χ0n) is 25.4. The second-order valence-corrected chi connectivity index (χ2v) is 14.8. The molecular formula is C33H45ClFN4O3S+. The summed E-state index contributed by atoms with van der Waals surface area (Å²) in [7, 11) is -2.95. The predicted octanol–water partition coefficient (Wildman–Crippen LogP) is 6.14. The number of nitrogens with zero attached hydrogens (tertiary/aromatic N) is 2. The van der Waals surface area contributed by atoms with Crippen LogP contribution in [0.4, 0.5) is 10.1 Å². The number of rotatable bonds is 15. The van der Waals surface area contributed by atoms with E-state index in [0.29, 0.717) is 47.6 Å². The molecule has 43 heavy (non-hydrogen) atoms. The molecule has 7 nitrogen and oxygen atoms in total. The molecule has 2 aromatic carbocycles. The number of fused-ring (bicyclic) bond motifs is 1. The van der Waals surface area contributed by atoms with Crippen LogP contribution in [0.1, 0.15) is 69.4 Å². The Labute approximate surface area is 261 Å². The summed E-state index contributed by atoms with van der Waals surface area (Å²) in [6.07, 6.45) is 6.69. The Bertz CT molecular complexity index is 1400. The lowest BCUT2D eigenvalue weighted by molar-refractivity contribution is -0.117. The number of benzene rings is 2. The molecule has 0 aliphatic carbocycles. The van der Waals surface area contributed by atoms with E-state index in [1.54, 1.807) is 12.1 Å². The second-order valence-electron chi connectivity index (χ2n) is 12.1. The zero-order valence-corrected chi connectivity index (χ0v) is 27.0. The van der Waals surface area contributed by atoms with Crippen LogP contribution in [0.2, 0.25) is 5.02 Å². The molecule has 2 heterocycles. The van der Waals surface area contributed by atoms with Gasteiger partial charge in [-0.05, 0) is 67.9 Å². The highest BCUT2D eigenvalue weighted by molar-refractivity contribution is 7.90. The second kappa shape index (κ2) is 15.0. The van der Waals surface area contributed by atoms with E-state index in [4.69, 9.17) is 18.2 Å². The van der Waals surface area contributed by atoms with Gasteiger partial charge >= 0.3 is 11.9 Å². The number of hydrogen-bond acceptors (Lipinski definition) is 5. The first kappa shape index (κ1) is 33.4. The van der Waals surface area contributed by atoms with E-state index in [1.807, 2.05) is 24.3 Å². The Hall–Kier alpha value is -2.51. The van der Waals surface area contributed by atoms with Crippen LogP contribution in [0, 0.1) is 18.3 Å². The smallest absolute Gasteiger partial charge is 0.319 e. The first-order valence-electron chi connectivity index (χ1n) is 15.5. The van der Waals surface area contributed by atoms with Gasteiger partial charge in [-0.1, -0.05) is 61.3 Å². The first-order valence-corrected chi connectivity index (χ1v) is 17.9. The average Bonchev–Trinajstić information content (AvgIpc) is 3.77. The van der Waals surface area contributed by atoms with Crippen molar-refractivity contribution in [3.63, 3.8) is 0 Å². The molecule has 234 valence electrons. The molecule has 2 aliphatic rings. The summed E-state index contributed by atoms with van der Waals surface area (Å²) in [6.45, 7) is 11.9. The van der Waals surface area contributed by atoms with Crippen LogP contribution in [0.3, 0.4) is 0 Å². The quantitative estimate of drug-likeness (QED) is 0.231. The molecular weight excluding hydrogens is 587 g/mol. The minimum Gasteiger partial charge on any atom is -0.319 e. The van der Waals surface area contributed by atoms with Crippen LogP contribution in [-0.2, 0) is 21.1 Å².